The molecule has 0 fully saturated rings. The van der Waals surface area contributed by atoms with Crippen molar-refractivity contribution in [2.45, 2.75) is 44.2 Å². The number of aromatic nitrogens is 2. The van der Waals surface area contributed by atoms with Gasteiger partial charge >= 0.3 is 11.8 Å². The summed E-state index contributed by atoms with van der Waals surface area (Å²) in [6.45, 7) is 5.92. The fourth-order valence-electron chi connectivity index (χ4n) is 3.25. The highest BCUT2D eigenvalue weighted by Gasteiger charge is 2.35. The standard InChI is InChI=1S/C20H26N4O5S/c1-20(2,3)24-17(15-11-30(27,28)12-16(15)23-24)22-19(26)18(25)21-9-8-13-6-5-7-14(10-13)29-4/h5-7,10H,8-9,11-12H2,1-4H3,(H,21,25)(H,22,26). The molecule has 3 rings (SSSR count). The highest BCUT2D eigenvalue weighted by Crippen LogP contribution is 2.34. The van der Waals surface area contributed by atoms with Crippen LogP contribution in [0, 0.1) is 0 Å². The second-order valence-corrected chi connectivity index (χ2v) is 10.3. The van der Waals surface area contributed by atoms with E-state index in [1.54, 1.807) is 11.8 Å². The number of rotatable bonds is 5. The van der Waals surface area contributed by atoms with E-state index in [4.69, 9.17) is 4.74 Å². The number of ether oxygens (including phenoxy) is 1. The zero-order valence-electron chi connectivity index (χ0n) is 17.5. The molecule has 2 N–H and O–H groups in total. The molecule has 162 valence electrons. The van der Waals surface area contributed by atoms with Gasteiger partial charge in [0.25, 0.3) is 0 Å². The smallest absolute Gasteiger partial charge is 0.314 e. The number of carbonyl (C=O) groups excluding carboxylic acids is 2. The van der Waals surface area contributed by atoms with Crippen molar-refractivity contribution >= 4 is 27.5 Å². The lowest BCUT2D eigenvalue weighted by Crippen LogP contribution is -2.38. The van der Waals surface area contributed by atoms with Crippen molar-refractivity contribution in [1.82, 2.24) is 15.1 Å². The van der Waals surface area contributed by atoms with Crippen molar-refractivity contribution < 1.29 is 22.7 Å². The summed E-state index contributed by atoms with van der Waals surface area (Å²) in [5, 5.41) is 9.52. The molecular weight excluding hydrogens is 408 g/mol. The molecule has 1 aliphatic heterocycles. The third kappa shape index (κ3) is 4.81. The van der Waals surface area contributed by atoms with E-state index in [9.17, 15) is 18.0 Å². The lowest BCUT2D eigenvalue weighted by atomic mass is 10.1. The fraction of sp³-hybridized carbons (Fsp3) is 0.450. The Balaban J connectivity index is 1.67. The summed E-state index contributed by atoms with van der Waals surface area (Å²) in [6.07, 6.45) is 0.532. The Labute approximate surface area is 175 Å². The van der Waals surface area contributed by atoms with Crippen molar-refractivity contribution in [3.63, 3.8) is 0 Å². The van der Waals surface area contributed by atoms with E-state index >= 15 is 0 Å². The van der Waals surface area contributed by atoms with Gasteiger partial charge in [-0.2, -0.15) is 5.10 Å². The average Bonchev–Trinajstić information content (AvgIpc) is 3.14. The first-order valence-electron chi connectivity index (χ1n) is 9.54. The van der Waals surface area contributed by atoms with E-state index in [1.807, 2.05) is 45.0 Å². The van der Waals surface area contributed by atoms with Gasteiger partial charge < -0.3 is 15.4 Å². The Morgan fingerprint density at radius 1 is 1.20 bits per heavy atom. The summed E-state index contributed by atoms with van der Waals surface area (Å²) in [7, 11) is -1.71. The number of benzene rings is 1. The first-order chi connectivity index (χ1) is 14.0. The molecule has 0 aliphatic carbocycles. The predicted molar refractivity (Wildman–Crippen MR) is 112 cm³/mol. The highest BCUT2D eigenvalue weighted by atomic mass is 32.2. The number of sulfone groups is 1. The van der Waals surface area contributed by atoms with Gasteiger partial charge in [0.05, 0.1) is 29.8 Å². The maximum atomic E-state index is 12.5. The molecule has 2 heterocycles. The second kappa shape index (κ2) is 8.10. The van der Waals surface area contributed by atoms with Crippen LogP contribution in [0.15, 0.2) is 24.3 Å². The van der Waals surface area contributed by atoms with Crippen LogP contribution in [-0.4, -0.2) is 43.7 Å². The summed E-state index contributed by atoms with van der Waals surface area (Å²) in [5.74, 6) is -1.05. The molecule has 1 aliphatic rings. The van der Waals surface area contributed by atoms with Crippen molar-refractivity contribution in [1.29, 1.82) is 0 Å². The fourth-order valence-corrected chi connectivity index (χ4v) is 4.74. The third-order valence-electron chi connectivity index (χ3n) is 4.69. The summed E-state index contributed by atoms with van der Waals surface area (Å²) in [4.78, 5) is 24.7. The molecule has 10 heteroatoms. The summed E-state index contributed by atoms with van der Waals surface area (Å²) >= 11 is 0. The maximum absolute atomic E-state index is 12.5. The van der Waals surface area contributed by atoms with E-state index in [0.29, 0.717) is 17.7 Å². The summed E-state index contributed by atoms with van der Waals surface area (Å²) < 4.78 is 30.6. The SMILES string of the molecule is COc1cccc(CCNC(=O)C(=O)Nc2c3c(nn2C(C)(C)C)CS(=O)(=O)C3)c1. The van der Waals surface area contributed by atoms with Gasteiger partial charge in [0.2, 0.25) is 0 Å². The van der Waals surface area contributed by atoms with Gasteiger partial charge in [0.15, 0.2) is 9.84 Å². The van der Waals surface area contributed by atoms with E-state index in [2.05, 4.69) is 15.7 Å². The Morgan fingerprint density at radius 2 is 1.93 bits per heavy atom. The van der Waals surface area contributed by atoms with Crippen molar-refractivity contribution in [2.75, 3.05) is 19.0 Å². The van der Waals surface area contributed by atoms with Gasteiger partial charge in [0, 0.05) is 12.1 Å². The van der Waals surface area contributed by atoms with Gasteiger partial charge in [-0.05, 0) is 44.9 Å². The molecule has 0 saturated carbocycles. The Hall–Kier alpha value is -2.88. The van der Waals surface area contributed by atoms with Crippen LogP contribution in [0.5, 0.6) is 5.75 Å². The average molecular weight is 435 g/mol. The number of fused-ring (bicyclic) bond motifs is 1. The topological polar surface area (TPSA) is 119 Å². The molecule has 0 radical (unpaired) electrons. The minimum atomic E-state index is -3.29. The number of nitrogens with one attached hydrogen (secondary N) is 2. The van der Waals surface area contributed by atoms with Crippen molar-refractivity contribution in [3.05, 3.63) is 41.1 Å². The molecule has 0 saturated heterocycles. The monoisotopic (exact) mass is 434 g/mol. The van der Waals surface area contributed by atoms with Crippen LogP contribution < -0.4 is 15.4 Å². The summed E-state index contributed by atoms with van der Waals surface area (Å²) in [6, 6.07) is 7.44. The molecule has 9 nitrogen and oxygen atoms in total. The first kappa shape index (κ1) is 21.8. The number of carbonyl (C=O) groups is 2. The predicted octanol–water partition coefficient (Wildman–Crippen LogP) is 1.37. The molecule has 0 atom stereocenters. The number of amides is 2. The third-order valence-corrected chi connectivity index (χ3v) is 6.14. The van der Waals surface area contributed by atoms with Gasteiger partial charge in [0.1, 0.15) is 11.6 Å². The van der Waals surface area contributed by atoms with Crippen molar-refractivity contribution in [3.8, 4) is 5.75 Å². The zero-order valence-corrected chi connectivity index (χ0v) is 18.3. The number of hydrogen-bond donors (Lipinski definition) is 2. The lowest BCUT2D eigenvalue weighted by molar-refractivity contribution is -0.136. The van der Waals surface area contributed by atoms with Crippen LogP contribution in [0.25, 0.3) is 0 Å². The van der Waals surface area contributed by atoms with Crippen LogP contribution in [0.4, 0.5) is 5.82 Å². The number of anilines is 1. The van der Waals surface area contributed by atoms with Gasteiger partial charge in [-0.25, -0.2) is 13.1 Å². The van der Waals surface area contributed by atoms with E-state index in [1.165, 1.54) is 0 Å². The van der Waals surface area contributed by atoms with Crippen LogP contribution >= 0.6 is 0 Å². The molecule has 0 bridgehead atoms. The van der Waals surface area contributed by atoms with E-state index in [0.717, 1.165) is 11.3 Å². The lowest BCUT2D eigenvalue weighted by Gasteiger charge is -2.23. The van der Waals surface area contributed by atoms with E-state index in [-0.39, 0.29) is 23.9 Å². The second-order valence-electron chi connectivity index (χ2n) is 8.20. The first-order valence-corrected chi connectivity index (χ1v) is 11.4. The normalized spacial score (nSPS) is 14.8. The zero-order chi connectivity index (χ0) is 22.1. The van der Waals surface area contributed by atoms with Crippen LogP contribution in [-0.2, 0) is 42.9 Å². The van der Waals surface area contributed by atoms with E-state index < -0.39 is 27.2 Å². The van der Waals surface area contributed by atoms with Crippen LogP contribution in [0.2, 0.25) is 0 Å². The van der Waals surface area contributed by atoms with Gasteiger partial charge in [-0.1, -0.05) is 12.1 Å². The molecule has 2 aromatic rings. The molecule has 0 spiro atoms. The largest absolute Gasteiger partial charge is 0.497 e. The Kier molecular flexibility index (Phi) is 5.89. The molecular formula is C20H26N4O5S. The minimum absolute atomic E-state index is 0.166. The molecule has 2 amide bonds. The molecule has 0 unspecified atom stereocenters. The highest BCUT2D eigenvalue weighted by molar-refractivity contribution is 7.90. The maximum Gasteiger partial charge on any atom is 0.314 e. The Bertz CT molecular complexity index is 1080. The summed E-state index contributed by atoms with van der Waals surface area (Å²) in [5.41, 5.74) is 1.32. The molecule has 1 aromatic heterocycles. The quantitative estimate of drug-likeness (QED) is 0.686. The number of hydrogen-bond acceptors (Lipinski definition) is 6. The number of nitrogens with zero attached hydrogens (tertiary/aromatic N) is 2. The molecule has 30 heavy (non-hydrogen) atoms. The Morgan fingerprint density at radius 3 is 2.60 bits per heavy atom. The molecule has 1 aromatic carbocycles. The van der Waals surface area contributed by atoms with Crippen LogP contribution in [0.1, 0.15) is 37.6 Å². The number of methoxy groups -OCH3 is 1. The van der Waals surface area contributed by atoms with Gasteiger partial charge in [-0.15, -0.1) is 0 Å². The van der Waals surface area contributed by atoms with Crippen molar-refractivity contribution in [2.24, 2.45) is 0 Å². The minimum Gasteiger partial charge on any atom is -0.497 e. The van der Waals surface area contributed by atoms with Crippen LogP contribution in [0.3, 0.4) is 0 Å². The van der Waals surface area contributed by atoms with Gasteiger partial charge in [-0.3, -0.25) is 9.59 Å².